The lowest BCUT2D eigenvalue weighted by Gasteiger charge is -2.11. The summed E-state index contributed by atoms with van der Waals surface area (Å²) in [4.78, 5) is 24.8. The second-order valence-corrected chi connectivity index (χ2v) is 3.09. The normalized spacial score (nSPS) is 11.2. The van der Waals surface area contributed by atoms with E-state index in [-0.39, 0.29) is 12.2 Å². The van der Waals surface area contributed by atoms with Gasteiger partial charge < -0.3 is 20.2 Å². The van der Waals surface area contributed by atoms with E-state index in [1.807, 2.05) is 0 Å². The number of carbonyl (C=O) groups excluding carboxylic acids is 1. The summed E-state index contributed by atoms with van der Waals surface area (Å²) in [6.07, 6.45) is -4.96. The zero-order chi connectivity index (χ0) is 13.9. The highest BCUT2D eigenvalue weighted by molar-refractivity contribution is 5.90. The number of nitrogens with one attached hydrogen (secondary N) is 1. The van der Waals surface area contributed by atoms with Gasteiger partial charge in [-0.3, -0.25) is 4.79 Å². The molecule has 0 saturated carbocycles. The van der Waals surface area contributed by atoms with E-state index < -0.39 is 29.2 Å². The van der Waals surface area contributed by atoms with Crippen molar-refractivity contribution < 1.29 is 27.4 Å². The lowest BCUT2D eigenvalue weighted by atomic mass is 10.2. The average Bonchev–Trinajstić information content (AvgIpc) is 2.24. The van der Waals surface area contributed by atoms with E-state index in [2.05, 4.69) is 14.5 Å². The molecule has 0 saturated heterocycles. The first-order valence-electron chi connectivity index (χ1n) is 4.58. The second-order valence-electron chi connectivity index (χ2n) is 3.09. The summed E-state index contributed by atoms with van der Waals surface area (Å²) in [6, 6.07) is 0.499. The van der Waals surface area contributed by atoms with Crippen LogP contribution in [-0.2, 0) is 11.3 Å². The maximum atomic E-state index is 12.0. The van der Waals surface area contributed by atoms with Crippen LogP contribution in [0.5, 0.6) is 5.88 Å². The fourth-order valence-corrected chi connectivity index (χ4v) is 1.25. The Bertz CT molecular complexity index is 510. The first-order valence-corrected chi connectivity index (χ1v) is 4.58. The highest BCUT2D eigenvalue weighted by Crippen LogP contribution is 2.20. The third kappa shape index (κ3) is 3.23. The maximum absolute atomic E-state index is 12.0. The van der Waals surface area contributed by atoms with Gasteiger partial charge in [0.05, 0.1) is 12.8 Å². The molecule has 0 spiro atoms. The van der Waals surface area contributed by atoms with Crippen molar-refractivity contribution in [3.63, 3.8) is 0 Å². The minimum atomic E-state index is -4.96. The Morgan fingerprint density at radius 1 is 1.50 bits per heavy atom. The summed E-state index contributed by atoms with van der Waals surface area (Å²) >= 11 is 0. The van der Waals surface area contributed by atoms with Crippen molar-refractivity contribution in [3.05, 3.63) is 27.5 Å². The van der Waals surface area contributed by atoms with Gasteiger partial charge in [-0.1, -0.05) is 0 Å². The van der Waals surface area contributed by atoms with Crippen LogP contribution in [0.2, 0.25) is 0 Å². The molecule has 1 aromatic heterocycles. The second kappa shape index (κ2) is 5.08. The number of hydrogen-bond acceptors (Lipinski definition) is 5. The SMILES string of the molecule is COC(=O)c1c(CN)[nH]c(OC(F)(F)F)cc1=O. The van der Waals surface area contributed by atoms with Crippen LogP contribution in [0.3, 0.4) is 0 Å². The molecule has 100 valence electrons. The van der Waals surface area contributed by atoms with Crippen LogP contribution in [-0.4, -0.2) is 24.4 Å². The van der Waals surface area contributed by atoms with Crippen molar-refractivity contribution in [2.45, 2.75) is 12.9 Å². The minimum Gasteiger partial charge on any atom is -0.465 e. The number of pyridine rings is 1. The molecule has 0 fully saturated rings. The van der Waals surface area contributed by atoms with Crippen molar-refractivity contribution >= 4 is 5.97 Å². The average molecular weight is 266 g/mol. The van der Waals surface area contributed by atoms with Crippen LogP contribution >= 0.6 is 0 Å². The van der Waals surface area contributed by atoms with E-state index in [4.69, 9.17) is 5.73 Å². The standard InChI is InChI=1S/C9H9F3N2O4/c1-17-8(16)7-4(3-13)14-6(2-5(7)15)18-9(10,11)12/h2H,3,13H2,1H3,(H,14,15). The number of ether oxygens (including phenoxy) is 2. The number of halogens is 3. The fraction of sp³-hybridized carbons (Fsp3) is 0.333. The highest BCUT2D eigenvalue weighted by atomic mass is 19.4. The van der Waals surface area contributed by atoms with Crippen LogP contribution in [0, 0.1) is 0 Å². The van der Waals surface area contributed by atoms with E-state index in [1.54, 1.807) is 0 Å². The Morgan fingerprint density at radius 2 is 2.11 bits per heavy atom. The number of aromatic nitrogens is 1. The number of aromatic amines is 1. The minimum absolute atomic E-state index is 0.200. The van der Waals surface area contributed by atoms with Crippen molar-refractivity contribution in [1.29, 1.82) is 0 Å². The van der Waals surface area contributed by atoms with Crippen LogP contribution < -0.4 is 15.9 Å². The van der Waals surface area contributed by atoms with E-state index >= 15 is 0 Å². The molecule has 1 rings (SSSR count). The molecule has 18 heavy (non-hydrogen) atoms. The Kier molecular flexibility index (Phi) is 3.96. The topological polar surface area (TPSA) is 94.4 Å². The highest BCUT2D eigenvalue weighted by Gasteiger charge is 2.32. The van der Waals surface area contributed by atoms with Gasteiger partial charge in [0.25, 0.3) is 0 Å². The smallest absolute Gasteiger partial charge is 0.465 e. The number of nitrogens with two attached hydrogens (primary N) is 1. The maximum Gasteiger partial charge on any atom is 0.574 e. The molecule has 0 aliphatic carbocycles. The number of esters is 1. The monoisotopic (exact) mass is 266 g/mol. The fourth-order valence-electron chi connectivity index (χ4n) is 1.25. The van der Waals surface area contributed by atoms with Crippen LogP contribution in [0.15, 0.2) is 10.9 Å². The number of alkyl halides is 3. The molecule has 0 atom stereocenters. The van der Waals surface area contributed by atoms with Gasteiger partial charge in [0, 0.05) is 12.6 Å². The molecule has 9 heteroatoms. The Balaban J connectivity index is 3.28. The molecule has 3 N–H and O–H groups in total. The summed E-state index contributed by atoms with van der Waals surface area (Å²) < 4.78 is 43.8. The molecule has 0 radical (unpaired) electrons. The van der Waals surface area contributed by atoms with Gasteiger partial charge in [-0.15, -0.1) is 13.2 Å². The van der Waals surface area contributed by atoms with Gasteiger partial charge in [-0.2, -0.15) is 0 Å². The summed E-state index contributed by atoms with van der Waals surface area (Å²) in [5.41, 5.74) is 3.61. The van der Waals surface area contributed by atoms with E-state index in [0.29, 0.717) is 6.07 Å². The lowest BCUT2D eigenvalue weighted by Crippen LogP contribution is -2.25. The summed E-state index contributed by atoms with van der Waals surface area (Å²) in [5, 5.41) is 0. The molecule has 0 unspecified atom stereocenters. The quantitative estimate of drug-likeness (QED) is 0.778. The summed E-state index contributed by atoms with van der Waals surface area (Å²) in [7, 11) is 1.03. The third-order valence-electron chi connectivity index (χ3n) is 1.90. The summed E-state index contributed by atoms with van der Waals surface area (Å²) in [5.74, 6) is -1.84. The van der Waals surface area contributed by atoms with Gasteiger partial charge in [-0.05, 0) is 0 Å². The molecule has 0 amide bonds. The zero-order valence-corrected chi connectivity index (χ0v) is 9.13. The molecule has 6 nitrogen and oxygen atoms in total. The van der Waals surface area contributed by atoms with Gasteiger partial charge in [0.1, 0.15) is 5.56 Å². The number of carbonyl (C=O) groups is 1. The molecular weight excluding hydrogens is 257 g/mol. The predicted molar refractivity (Wildman–Crippen MR) is 53.0 cm³/mol. The first-order chi connectivity index (χ1) is 8.28. The van der Waals surface area contributed by atoms with Crippen LogP contribution in [0.4, 0.5) is 13.2 Å². The Morgan fingerprint density at radius 3 is 2.56 bits per heavy atom. The third-order valence-corrected chi connectivity index (χ3v) is 1.90. The van der Waals surface area contributed by atoms with E-state index in [1.165, 1.54) is 0 Å². The van der Waals surface area contributed by atoms with Crippen molar-refractivity contribution in [3.8, 4) is 5.88 Å². The van der Waals surface area contributed by atoms with Gasteiger partial charge in [-0.25, -0.2) is 4.79 Å². The Labute approximate surface area is 98.5 Å². The molecule has 0 aliphatic heterocycles. The van der Waals surface area contributed by atoms with Crippen LogP contribution in [0.1, 0.15) is 16.1 Å². The molecular formula is C9H9F3N2O4. The summed E-state index contributed by atoms with van der Waals surface area (Å²) in [6.45, 7) is -0.352. The van der Waals surface area contributed by atoms with E-state index in [0.717, 1.165) is 7.11 Å². The van der Waals surface area contributed by atoms with Crippen molar-refractivity contribution in [2.24, 2.45) is 5.73 Å². The first kappa shape index (κ1) is 14.0. The van der Waals surface area contributed by atoms with Gasteiger partial charge in [0.2, 0.25) is 5.88 Å². The van der Waals surface area contributed by atoms with Crippen molar-refractivity contribution in [1.82, 2.24) is 4.98 Å². The van der Waals surface area contributed by atoms with Crippen LogP contribution in [0.25, 0.3) is 0 Å². The molecule has 0 bridgehead atoms. The predicted octanol–water partition coefficient (Wildman–Crippen LogP) is 0.519. The molecule has 1 aromatic rings. The zero-order valence-electron chi connectivity index (χ0n) is 9.13. The van der Waals surface area contributed by atoms with E-state index in [9.17, 15) is 22.8 Å². The number of methoxy groups -OCH3 is 1. The molecule has 0 aliphatic rings. The van der Waals surface area contributed by atoms with Crippen molar-refractivity contribution in [2.75, 3.05) is 7.11 Å². The van der Waals surface area contributed by atoms with Gasteiger partial charge in [0.15, 0.2) is 5.43 Å². The van der Waals surface area contributed by atoms with Gasteiger partial charge >= 0.3 is 12.3 Å². The number of hydrogen-bond donors (Lipinski definition) is 2. The molecule has 1 heterocycles. The molecule has 0 aromatic carbocycles. The largest absolute Gasteiger partial charge is 0.574 e. The number of H-pyrrole nitrogens is 1. The Hall–Kier alpha value is -2.03. The lowest BCUT2D eigenvalue weighted by molar-refractivity contribution is -0.276. The number of rotatable bonds is 3.